The Hall–Kier alpha value is -2.27. The van der Waals surface area contributed by atoms with Crippen LogP contribution in [0.5, 0.6) is 0 Å². The molecular weight excluding hydrogens is 332 g/mol. The molecule has 0 bridgehead atoms. The highest BCUT2D eigenvalue weighted by molar-refractivity contribution is 8.00. The van der Waals surface area contributed by atoms with Crippen LogP contribution in [0.25, 0.3) is 0 Å². The predicted octanol–water partition coefficient (Wildman–Crippen LogP) is 3.26. The molecule has 0 fully saturated rings. The lowest BCUT2D eigenvalue weighted by molar-refractivity contribution is -0.120. The van der Waals surface area contributed by atoms with E-state index in [4.69, 9.17) is 0 Å². The molecule has 2 aromatic carbocycles. The van der Waals surface area contributed by atoms with Gasteiger partial charge in [0.15, 0.2) is 0 Å². The topological polar surface area (TPSA) is 49.4 Å². The van der Waals surface area contributed by atoms with Gasteiger partial charge in [-0.1, -0.05) is 36.4 Å². The van der Waals surface area contributed by atoms with Crippen LogP contribution in [0, 0.1) is 0 Å². The van der Waals surface area contributed by atoms with Crippen LogP contribution < -0.4 is 10.2 Å². The van der Waals surface area contributed by atoms with Crippen LogP contribution in [0.1, 0.15) is 18.4 Å². The zero-order chi connectivity index (χ0) is 17.5. The summed E-state index contributed by atoms with van der Waals surface area (Å²) in [5.41, 5.74) is 2.28. The maximum atomic E-state index is 12.4. The average molecular weight is 354 g/mol. The number of carbonyl (C=O) groups excluding carboxylic acids is 2. The van der Waals surface area contributed by atoms with Crippen molar-refractivity contribution in [3.8, 4) is 0 Å². The van der Waals surface area contributed by atoms with Crippen LogP contribution in [-0.2, 0) is 16.0 Å². The lowest BCUT2D eigenvalue weighted by atomic mass is 10.2. The summed E-state index contributed by atoms with van der Waals surface area (Å²) in [6.45, 7) is 1.30. The highest BCUT2D eigenvalue weighted by Gasteiger charge is 2.23. The zero-order valence-corrected chi connectivity index (χ0v) is 14.9. The normalized spacial score (nSPS) is 12.7. The van der Waals surface area contributed by atoms with Gasteiger partial charge < -0.3 is 10.2 Å². The van der Waals surface area contributed by atoms with Crippen molar-refractivity contribution in [2.45, 2.75) is 24.2 Å². The molecule has 0 aliphatic carbocycles. The largest absolute Gasteiger partial charge is 0.355 e. The number of fused-ring (bicyclic) bond motifs is 1. The van der Waals surface area contributed by atoms with Crippen molar-refractivity contribution in [1.29, 1.82) is 0 Å². The summed E-state index contributed by atoms with van der Waals surface area (Å²) < 4.78 is 0. The van der Waals surface area contributed by atoms with Gasteiger partial charge in [0.1, 0.15) is 0 Å². The van der Waals surface area contributed by atoms with Gasteiger partial charge in [0.2, 0.25) is 11.8 Å². The number of thioether (sulfide) groups is 1. The number of rotatable bonds is 7. The number of benzene rings is 2. The van der Waals surface area contributed by atoms with E-state index in [1.807, 2.05) is 53.4 Å². The SMILES string of the molecule is O=C(CSc1ccccc1)NCCCC(=O)N1CCc2ccccc21. The fraction of sp³-hybridized carbons (Fsp3) is 0.300. The molecule has 5 heteroatoms. The Kier molecular flexibility index (Phi) is 6.12. The number of hydrogen-bond acceptors (Lipinski definition) is 3. The molecule has 25 heavy (non-hydrogen) atoms. The lowest BCUT2D eigenvalue weighted by Crippen LogP contribution is -2.31. The minimum atomic E-state index is 0.00724. The van der Waals surface area contributed by atoms with Crippen molar-refractivity contribution < 1.29 is 9.59 Å². The van der Waals surface area contributed by atoms with Crippen molar-refractivity contribution >= 4 is 29.3 Å². The monoisotopic (exact) mass is 354 g/mol. The van der Waals surface area contributed by atoms with Crippen molar-refractivity contribution in [3.63, 3.8) is 0 Å². The standard InChI is InChI=1S/C20H22N2O2S/c23-19(15-25-17-8-2-1-3-9-17)21-13-6-11-20(24)22-14-12-16-7-4-5-10-18(16)22/h1-5,7-10H,6,11-15H2,(H,21,23). The number of carbonyl (C=O) groups is 2. The summed E-state index contributed by atoms with van der Waals surface area (Å²) in [6, 6.07) is 17.9. The van der Waals surface area contributed by atoms with Crippen molar-refractivity contribution in [3.05, 3.63) is 60.2 Å². The quantitative estimate of drug-likeness (QED) is 0.613. The third-order valence-electron chi connectivity index (χ3n) is 4.19. The minimum Gasteiger partial charge on any atom is -0.355 e. The first-order chi connectivity index (χ1) is 12.2. The van der Waals surface area contributed by atoms with Crippen LogP contribution >= 0.6 is 11.8 Å². The number of nitrogens with zero attached hydrogens (tertiary/aromatic N) is 1. The second-order valence-corrected chi connectivity index (χ2v) is 7.03. The van der Waals surface area contributed by atoms with Crippen LogP contribution in [-0.4, -0.2) is 30.7 Å². The molecule has 3 rings (SSSR count). The average Bonchev–Trinajstić information content (AvgIpc) is 3.08. The number of nitrogens with one attached hydrogen (secondary N) is 1. The molecule has 2 aromatic rings. The molecule has 0 saturated carbocycles. The van der Waals surface area contributed by atoms with Crippen LogP contribution in [0.15, 0.2) is 59.5 Å². The Morgan fingerprint density at radius 1 is 1.04 bits per heavy atom. The third-order valence-corrected chi connectivity index (χ3v) is 5.20. The van der Waals surface area contributed by atoms with Gasteiger partial charge >= 0.3 is 0 Å². The second-order valence-electron chi connectivity index (χ2n) is 5.98. The molecule has 0 spiro atoms. The summed E-state index contributed by atoms with van der Waals surface area (Å²) in [5, 5.41) is 2.89. The number of anilines is 1. The van der Waals surface area contributed by atoms with E-state index in [0.29, 0.717) is 25.1 Å². The van der Waals surface area contributed by atoms with Crippen molar-refractivity contribution in [1.82, 2.24) is 5.32 Å². The van der Waals surface area contributed by atoms with Gasteiger partial charge in [-0.25, -0.2) is 0 Å². The summed E-state index contributed by atoms with van der Waals surface area (Å²) in [5.74, 6) is 0.544. The predicted molar refractivity (Wildman–Crippen MR) is 102 cm³/mol. The highest BCUT2D eigenvalue weighted by atomic mass is 32.2. The Morgan fingerprint density at radius 3 is 2.64 bits per heavy atom. The molecule has 0 radical (unpaired) electrons. The molecular formula is C20H22N2O2S. The molecule has 1 aliphatic rings. The molecule has 0 aromatic heterocycles. The molecule has 0 atom stereocenters. The van der Waals surface area contributed by atoms with Gasteiger partial charge in [-0.15, -0.1) is 11.8 Å². The van der Waals surface area contributed by atoms with E-state index >= 15 is 0 Å². The lowest BCUT2D eigenvalue weighted by Gasteiger charge is -2.17. The van der Waals surface area contributed by atoms with E-state index in [0.717, 1.165) is 23.5 Å². The Bertz CT molecular complexity index is 733. The molecule has 130 valence electrons. The van der Waals surface area contributed by atoms with Crippen LogP contribution in [0.2, 0.25) is 0 Å². The van der Waals surface area contributed by atoms with Gasteiger partial charge in [0, 0.05) is 30.1 Å². The summed E-state index contributed by atoms with van der Waals surface area (Å²) in [7, 11) is 0. The molecule has 4 nitrogen and oxygen atoms in total. The van der Waals surface area contributed by atoms with Gasteiger partial charge in [-0.3, -0.25) is 9.59 Å². The van der Waals surface area contributed by atoms with Crippen LogP contribution in [0.3, 0.4) is 0 Å². The van der Waals surface area contributed by atoms with Crippen LogP contribution in [0.4, 0.5) is 5.69 Å². The molecule has 2 amide bonds. The third kappa shape index (κ3) is 4.86. The summed E-state index contributed by atoms with van der Waals surface area (Å²) >= 11 is 1.52. The minimum absolute atomic E-state index is 0.00724. The molecule has 1 aliphatic heterocycles. The molecule has 1 heterocycles. The smallest absolute Gasteiger partial charge is 0.230 e. The van der Waals surface area contributed by atoms with E-state index in [1.54, 1.807) is 0 Å². The second kappa shape index (κ2) is 8.72. The molecule has 0 saturated heterocycles. The van der Waals surface area contributed by atoms with Crippen molar-refractivity contribution in [2.75, 3.05) is 23.7 Å². The van der Waals surface area contributed by atoms with Crippen molar-refractivity contribution in [2.24, 2.45) is 0 Å². The number of para-hydroxylation sites is 1. The molecule has 1 N–H and O–H groups in total. The highest BCUT2D eigenvalue weighted by Crippen LogP contribution is 2.27. The Balaban J connectivity index is 1.34. The van der Waals surface area contributed by atoms with E-state index in [9.17, 15) is 9.59 Å². The van der Waals surface area contributed by atoms with Gasteiger partial charge in [0.25, 0.3) is 0 Å². The summed E-state index contributed by atoms with van der Waals surface area (Å²) in [6.07, 6.45) is 2.05. The number of amides is 2. The maximum Gasteiger partial charge on any atom is 0.230 e. The van der Waals surface area contributed by atoms with E-state index in [1.165, 1.54) is 17.3 Å². The van der Waals surface area contributed by atoms with E-state index < -0.39 is 0 Å². The van der Waals surface area contributed by atoms with Gasteiger partial charge in [-0.2, -0.15) is 0 Å². The fourth-order valence-corrected chi connectivity index (χ4v) is 3.67. The maximum absolute atomic E-state index is 12.4. The van der Waals surface area contributed by atoms with Gasteiger partial charge in [-0.05, 0) is 36.6 Å². The van der Waals surface area contributed by atoms with E-state index in [-0.39, 0.29) is 11.8 Å². The molecule has 0 unspecified atom stereocenters. The Labute approximate surface area is 152 Å². The first kappa shape index (κ1) is 17.5. The van der Waals surface area contributed by atoms with Gasteiger partial charge in [0.05, 0.1) is 5.75 Å². The van der Waals surface area contributed by atoms with E-state index in [2.05, 4.69) is 11.4 Å². The Morgan fingerprint density at radius 2 is 1.80 bits per heavy atom. The number of hydrogen-bond donors (Lipinski definition) is 1. The first-order valence-corrected chi connectivity index (χ1v) is 9.55. The summed E-state index contributed by atoms with van der Waals surface area (Å²) in [4.78, 5) is 27.2. The zero-order valence-electron chi connectivity index (χ0n) is 14.1. The fourth-order valence-electron chi connectivity index (χ4n) is 2.92. The first-order valence-electron chi connectivity index (χ1n) is 8.57.